The first-order valence-corrected chi connectivity index (χ1v) is 5.01. The molecule has 100 valence electrons. The van der Waals surface area contributed by atoms with E-state index in [1.807, 2.05) is 0 Å². The van der Waals surface area contributed by atoms with Crippen LogP contribution in [0.15, 0.2) is 18.2 Å². The van der Waals surface area contributed by atoms with E-state index < -0.39 is 25.2 Å². The number of carbonyl (C=O) groups excluding carboxylic acids is 1. The molecule has 0 spiro atoms. The Morgan fingerprint density at radius 3 is 2.56 bits per heavy atom. The van der Waals surface area contributed by atoms with Crippen molar-refractivity contribution in [2.45, 2.75) is 12.6 Å². The van der Waals surface area contributed by atoms with Gasteiger partial charge in [0.15, 0.2) is 0 Å². The molecule has 0 aliphatic carbocycles. The van der Waals surface area contributed by atoms with Crippen LogP contribution in [-0.4, -0.2) is 25.9 Å². The fraction of sp³-hybridized carbons (Fsp3) is 0.364. The zero-order valence-electron chi connectivity index (χ0n) is 9.58. The number of hydrogen-bond donors (Lipinski definition) is 1. The minimum absolute atomic E-state index is 0.0791. The number of ether oxygens (including phenoxy) is 2. The number of carbonyl (C=O) groups is 1. The Hall–Kier alpha value is -1.92. The molecule has 0 unspecified atom stereocenters. The first-order valence-electron chi connectivity index (χ1n) is 5.01. The van der Waals surface area contributed by atoms with Crippen LogP contribution < -0.4 is 10.5 Å². The van der Waals surface area contributed by atoms with Gasteiger partial charge in [0.05, 0.1) is 24.8 Å². The number of nitrogen functional groups attached to an aromatic ring is 1. The first-order chi connectivity index (χ1) is 8.33. The summed E-state index contributed by atoms with van der Waals surface area (Å²) in [7, 11) is 1.41. The van der Waals surface area contributed by atoms with E-state index in [9.17, 15) is 18.0 Å². The Bertz CT molecular complexity index is 432. The third kappa shape index (κ3) is 4.15. The van der Waals surface area contributed by atoms with Crippen molar-refractivity contribution in [1.82, 2.24) is 0 Å². The second-order valence-electron chi connectivity index (χ2n) is 3.46. The van der Waals surface area contributed by atoms with Crippen molar-refractivity contribution in [3.8, 4) is 5.75 Å². The van der Waals surface area contributed by atoms with E-state index in [1.165, 1.54) is 25.3 Å². The van der Waals surface area contributed by atoms with Crippen LogP contribution in [0, 0.1) is 0 Å². The summed E-state index contributed by atoms with van der Waals surface area (Å²) >= 11 is 0. The number of hydrogen-bond acceptors (Lipinski definition) is 4. The Kier molecular flexibility index (Phi) is 4.41. The van der Waals surface area contributed by atoms with Crippen molar-refractivity contribution >= 4 is 11.7 Å². The molecule has 0 fully saturated rings. The topological polar surface area (TPSA) is 61.5 Å². The molecule has 0 heterocycles. The Balaban J connectivity index is 2.59. The van der Waals surface area contributed by atoms with E-state index in [0.29, 0.717) is 5.75 Å². The van der Waals surface area contributed by atoms with Crippen LogP contribution in [0.2, 0.25) is 0 Å². The number of anilines is 1. The second kappa shape index (κ2) is 5.61. The lowest BCUT2D eigenvalue weighted by Crippen LogP contribution is -2.14. The standard InChI is InChI=1S/C11H12F3NO3/c1-17-9-3-2-7(6-8(9)15)10(16)18-5-4-11(12,13)14/h2-3,6H,4-5,15H2,1H3. The van der Waals surface area contributed by atoms with Gasteiger partial charge in [-0.05, 0) is 18.2 Å². The number of nitrogens with two attached hydrogens (primary N) is 1. The van der Waals surface area contributed by atoms with Crippen molar-refractivity contribution in [1.29, 1.82) is 0 Å². The highest BCUT2D eigenvalue weighted by atomic mass is 19.4. The normalized spacial score (nSPS) is 11.1. The molecule has 1 aromatic rings. The lowest BCUT2D eigenvalue weighted by Gasteiger charge is -2.09. The van der Waals surface area contributed by atoms with E-state index >= 15 is 0 Å². The van der Waals surface area contributed by atoms with Crippen LogP contribution in [0.4, 0.5) is 18.9 Å². The minimum atomic E-state index is -4.35. The fourth-order valence-corrected chi connectivity index (χ4v) is 1.20. The summed E-state index contributed by atoms with van der Waals surface area (Å²) in [4.78, 5) is 11.4. The van der Waals surface area contributed by atoms with Crippen LogP contribution >= 0.6 is 0 Å². The Morgan fingerprint density at radius 2 is 2.06 bits per heavy atom. The van der Waals surface area contributed by atoms with Gasteiger partial charge >= 0.3 is 12.1 Å². The molecule has 18 heavy (non-hydrogen) atoms. The predicted octanol–water partition coefficient (Wildman–Crippen LogP) is 2.39. The summed E-state index contributed by atoms with van der Waals surface area (Å²) in [6.45, 7) is -0.714. The second-order valence-corrected chi connectivity index (χ2v) is 3.46. The summed E-state index contributed by atoms with van der Waals surface area (Å²) in [5, 5.41) is 0. The molecule has 0 aromatic heterocycles. The maximum Gasteiger partial charge on any atom is 0.392 e. The van der Waals surface area contributed by atoms with E-state index in [0.717, 1.165) is 0 Å². The number of alkyl halides is 3. The number of rotatable bonds is 4. The first kappa shape index (κ1) is 14.1. The minimum Gasteiger partial charge on any atom is -0.495 e. The zero-order chi connectivity index (χ0) is 13.8. The van der Waals surface area contributed by atoms with E-state index in [-0.39, 0.29) is 11.3 Å². The maximum atomic E-state index is 11.8. The van der Waals surface area contributed by atoms with Crippen LogP contribution in [-0.2, 0) is 4.74 Å². The average Bonchev–Trinajstić information content (AvgIpc) is 2.27. The quantitative estimate of drug-likeness (QED) is 0.669. The molecular weight excluding hydrogens is 251 g/mol. The number of benzene rings is 1. The molecule has 0 aliphatic heterocycles. The van der Waals surface area contributed by atoms with Crippen molar-refractivity contribution in [2.75, 3.05) is 19.5 Å². The van der Waals surface area contributed by atoms with Gasteiger partial charge in [0.1, 0.15) is 12.4 Å². The summed E-state index contributed by atoms with van der Waals surface area (Å²) in [5.41, 5.74) is 5.84. The third-order valence-corrected chi connectivity index (χ3v) is 2.08. The van der Waals surface area contributed by atoms with Gasteiger partial charge in [-0.2, -0.15) is 13.2 Å². The Morgan fingerprint density at radius 1 is 1.39 bits per heavy atom. The number of methoxy groups -OCH3 is 1. The molecule has 0 amide bonds. The zero-order valence-corrected chi connectivity index (χ0v) is 9.58. The molecule has 7 heteroatoms. The monoisotopic (exact) mass is 263 g/mol. The van der Waals surface area contributed by atoms with E-state index in [2.05, 4.69) is 4.74 Å². The van der Waals surface area contributed by atoms with Crippen LogP contribution in [0.1, 0.15) is 16.8 Å². The summed E-state index contributed by atoms with van der Waals surface area (Å²) in [5.74, 6) is -0.476. The van der Waals surface area contributed by atoms with Crippen LogP contribution in [0.25, 0.3) is 0 Å². The molecule has 1 rings (SSSR count). The molecule has 0 radical (unpaired) electrons. The van der Waals surface area contributed by atoms with Gasteiger partial charge < -0.3 is 15.2 Å². The van der Waals surface area contributed by atoms with Crippen LogP contribution in [0.5, 0.6) is 5.75 Å². The summed E-state index contributed by atoms with van der Waals surface area (Å²) < 4.78 is 44.9. The highest BCUT2D eigenvalue weighted by molar-refractivity contribution is 5.91. The SMILES string of the molecule is COc1ccc(C(=O)OCCC(F)(F)F)cc1N. The number of halogens is 3. The van der Waals surface area contributed by atoms with E-state index in [4.69, 9.17) is 10.5 Å². The van der Waals surface area contributed by atoms with Crippen molar-refractivity contribution < 1.29 is 27.4 Å². The molecule has 0 atom stereocenters. The van der Waals surface area contributed by atoms with E-state index in [1.54, 1.807) is 0 Å². The molecule has 4 nitrogen and oxygen atoms in total. The van der Waals surface area contributed by atoms with Crippen molar-refractivity contribution in [2.24, 2.45) is 0 Å². The van der Waals surface area contributed by atoms with Crippen molar-refractivity contribution in [3.63, 3.8) is 0 Å². The molecule has 0 aliphatic rings. The molecular formula is C11H12F3NO3. The van der Waals surface area contributed by atoms with Gasteiger partial charge in [-0.1, -0.05) is 0 Å². The molecule has 0 bridgehead atoms. The fourth-order valence-electron chi connectivity index (χ4n) is 1.20. The summed E-state index contributed by atoms with van der Waals surface area (Å²) in [6, 6.07) is 4.09. The highest BCUT2D eigenvalue weighted by Crippen LogP contribution is 2.23. The Labute approximate surface area is 101 Å². The molecule has 2 N–H and O–H groups in total. The molecule has 1 aromatic carbocycles. The molecule has 0 saturated carbocycles. The van der Waals surface area contributed by atoms with Gasteiger partial charge in [-0.15, -0.1) is 0 Å². The maximum absolute atomic E-state index is 11.8. The predicted molar refractivity (Wildman–Crippen MR) is 58.4 cm³/mol. The van der Waals surface area contributed by atoms with Crippen LogP contribution in [0.3, 0.4) is 0 Å². The molecule has 0 saturated heterocycles. The summed E-state index contributed by atoms with van der Waals surface area (Å²) in [6.07, 6.45) is -5.52. The van der Waals surface area contributed by atoms with Gasteiger partial charge in [0.25, 0.3) is 0 Å². The lowest BCUT2D eigenvalue weighted by atomic mass is 10.2. The average molecular weight is 263 g/mol. The highest BCUT2D eigenvalue weighted by Gasteiger charge is 2.27. The van der Waals surface area contributed by atoms with Gasteiger partial charge in [-0.25, -0.2) is 4.79 Å². The number of esters is 1. The third-order valence-electron chi connectivity index (χ3n) is 2.08. The van der Waals surface area contributed by atoms with Gasteiger partial charge in [0.2, 0.25) is 0 Å². The lowest BCUT2D eigenvalue weighted by molar-refractivity contribution is -0.141. The largest absolute Gasteiger partial charge is 0.495 e. The van der Waals surface area contributed by atoms with Crippen molar-refractivity contribution in [3.05, 3.63) is 23.8 Å². The smallest absolute Gasteiger partial charge is 0.392 e. The van der Waals surface area contributed by atoms with Gasteiger partial charge in [0, 0.05) is 0 Å². The van der Waals surface area contributed by atoms with Gasteiger partial charge in [-0.3, -0.25) is 0 Å².